The van der Waals surface area contributed by atoms with Crippen LogP contribution in [0.3, 0.4) is 0 Å². The number of allylic oxidation sites excluding steroid dienone is 1. The predicted molar refractivity (Wildman–Crippen MR) is 194 cm³/mol. The molecule has 4 bridgehead atoms. The molecule has 3 N–H and O–H groups in total. The minimum Gasteiger partial charge on any atom is -0.488 e. The molecule has 0 spiro atoms. The zero-order chi connectivity index (χ0) is 36.0. The SMILES string of the molecule is C=C[C@@H]1C[C@]1(NC(=O)[C@@H]1CC2CN1C(=O)[C@H](CCCC)NC(=O)OCCCCCC=Cc1ccc3nc(-c4ccccc4)cc(c3c1)O2)C(=O)O. The van der Waals surface area contributed by atoms with Crippen LogP contribution in [0.5, 0.6) is 5.75 Å². The fourth-order valence-corrected chi connectivity index (χ4v) is 7.02. The molecule has 2 aliphatic heterocycles. The van der Waals surface area contributed by atoms with E-state index in [1.165, 1.54) is 11.0 Å². The highest BCUT2D eigenvalue weighted by Gasteiger charge is 2.61. The smallest absolute Gasteiger partial charge is 0.407 e. The Morgan fingerprint density at radius 2 is 1.96 bits per heavy atom. The molecule has 2 fully saturated rings. The van der Waals surface area contributed by atoms with Crippen LogP contribution in [0.4, 0.5) is 4.79 Å². The van der Waals surface area contributed by atoms with Gasteiger partial charge >= 0.3 is 12.1 Å². The standard InChI is InChI=1S/C40H46N4O7/c1-3-5-17-32-37(46)44-25-29(22-34(44)36(45)43-40(38(47)48)24-28(40)4-2)51-35-23-33(27-15-11-9-12-16-27)41-31-19-18-26(21-30(31)35)14-10-7-6-8-13-20-50-39(49)42-32/h4,9-12,14-16,18-19,21,23,28-29,32,34H,2-3,5-8,13,17,20,22,24-25H2,1H3,(H,42,49)(H,43,45)(H,47,48)/t28-,29?,32+,34+,40-/m1/s1. The lowest BCUT2D eigenvalue weighted by molar-refractivity contribution is -0.145. The lowest BCUT2D eigenvalue weighted by Crippen LogP contribution is -2.56. The summed E-state index contributed by atoms with van der Waals surface area (Å²) in [5, 5.41) is 16.3. The summed E-state index contributed by atoms with van der Waals surface area (Å²) < 4.78 is 12.2. The Labute approximate surface area is 298 Å². The summed E-state index contributed by atoms with van der Waals surface area (Å²) in [6.45, 7) is 5.99. The quantitative estimate of drug-likeness (QED) is 0.234. The number of nitrogens with one attached hydrogen (secondary N) is 2. The van der Waals surface area contributed by atoms with Gasteiger partial charge in [-0.05, 0) is 56.2 Å². The number of nitrogens with zero attached hydrogens (tertiary/aromatic N) is 2. The van der Waals surface area contributed by atoms with Crippen molar-refractivity contribution in [3.05, 3.63) is 78.9 Å². The van der Waals surface area contributed by atoms with E-state index in [0.29, 0.717) is 30.7 Å². The van der Waals surface area contributed by atoms with Gasteiger partial charge in [-0.3, -0.25) is 9.59 Å². The lowest BCUT2D eigenvalue weighted by atomic mass is 10.1. The minimum atomic E-state index is -1.48. The maximum atomic E-state index is 14.3. The van der Waals surface area contributed by atoms with Crippen LogP contribution in [-0.4, -0.2) is 75.7 Å². The largest absolute Gasteiger partial charge is 0.488 e. The van der Waals surface area contributed by atoms with E-state index in [1.54, 1.807) is 0 Å². The number of carboxylic acids is 1. The van der Waals surface area contributed by atoms with Gasteiger partial charge in [0, 0.05) is 29.4 Å². The van der Waals surface area contributed by atoms with Crippen molar-refractivity contribution in [2.75, 3.05) is 13.2 Å². The van der Waals surface area contributed by atoms with Crippen molar-refractivity contribution in [3.63, 3.8) is 0 Å². The first-order valence-electron chi connectivity index (χ1n) is 18.0. The van der Waals surface area contributed by atoms with E-state index in [2.05, 4.69) is 29.4 Å². The monoisotopic (exact) mass is 694 g/mol. The van der Waals surface area contributed by atoms with Crippen molar-refractivity contribution in [1.82, 2.24) is 20.5 Å². The molecule has 11 heteroatoms. The van der Waals surface area contributed by atoms with Gasteiger partial charge in [-0.25, -0.2) is 14.6 Å². The molecule has 11 nitrogen and oxygen atoms in total. The Bertz CT molecular complexity index is 1810. The molecule has 1 unspecified atom stereocenters. The zero-order valence-electron chi connectivity index (χ0n) is 29.0. The number of fused-ring (bicyclic) bond motifs is 3. The van der Waals surface area contributed by atoms with Crippen molar-refractivity contribution in [2.45, 2.75) is 88.4 Å². The number of alkyl carbamates (subject to hydrolysis) is 1. The number of ether oxygens (including phenoxy) is 2. The molecule has 1 aliphatic carbocycles. The maximum absolute atomic E-state index is 14.3. The molecule has 1 saturated heterocycles. The number of rotatable bonds is 8. The summed E-state index contributed by atoms with van der Waals surface area (Å²) >= 11 is 0. The fraction of sp³-hybridized carbons (Fsp3) is 0.425. The molecule has 0 radical (unpaired) electrons. The van der Waals surface area contributed by atoms with Crippen LogP contribution in [0.2, 0.25) is 0 Å². The van der Waals surface area contributed by atoms with E-state index < -0.39 is 53.5 Å². The summed E-state index contributed by atoms with van der Waals surface area (Å²) in [6.07, 6.45) is 9.88. The number of carbonyl (C=O) groups is 4. The summed E-state index contributed by atoms with van der Waals surface area (Å²) in [5.41, 5.74) is 1.87. The molecule has 1 saturated carbocycles. The van der Waals surface area contributed by atoms with Crippen molar-refractivity contribution in [3.8, 4) is 17.0 Å². The highest BCUT2D eigenvalue weighted by atomic mass is 16.5. The average molecular weight is 695 g/mol. The van der Waals surface area contributed by atoms with Crippen LogP contribution >= 0.6 is 0 Å². The van der Waals surface area contributed by atoms with Gasteiger partial charge in [0.25, 0.3) is 0 Å². The van der Waals surface area contributed by atoms with Gasteiger partial charge in [0.05, 0.1) is 24.4 Å². The van der Waals surface area contributed by atoms with E-state index in [-0.39, 0.29) is 26.0 Å². The average Bonchev–Trinajstić information content (AvgIpc) is 3.70. The molecule has 5 atom stereocenters. The van der Waals surface area contributed by atoms with Crippen LogP contribution in [0.25, 0.3) is 28.2 Å². The van der Waals surface area contributed by atoms with Gasteiger partial charge in [-0.15, -0.1) is 6.58 Å². The van der Waals surface area contributed by atoms with Crippen molar-refractivity contribution < 1.29 is 33.8 Å². The molecule has 2 aromatic carbocycles. The molecule has 3 aromatic rings. The van der Waals surface area contributed by atoms with E-state index in [1.807, 2.05) is 61.5 Å². The first-order chi connectivity index (χ1) is 24.7. The Balaban J connectivity index is 1.39. The number of pyridine rings is 1. The van der Waals surface area contributed by atoms with Crippen LogP contribution in [-0.2, 0) is 19.1 Å². The van der Waals surface area contributed by atoms with Gasteiger partial charge in [0.1, 0.15) is 29.5 Å². The number of amides is 3. The fourth-order valence-electron chi connectivity index (χ4n) is 7.02. The summed E-state index contributed by atoms with van der Waals surface area (Å²) in [4.78, 5) is 59.9. The number of cyclic esters (lactones) is 1. The molecule has 3 aliphatic rings. The summed E-state index contributed by atoms with van der Waals surface area (Å²) in [5.74, 6) is -2.06. The van der Waals surface area contributed by atoms with E-state index in [9.17, 15) is 24.3 Å². The molecule has 6 rings (SSSR count). The van der Waals surface area contributed by atoms with Crippen LogP contribution < -0.4 is 15.4 Å². The number of hydrogen-bond donors (Lipinski definition) is 3. The van der Waals surface area contributed by atoms with E-state index in [4.69, 9.17) is 14.5 Å². The van der Waals surface area contributed by atoms with Gasteiger partial charge in [0.15, 0.2) is 0 Å². The summed E-state index contributed by atoms with van der Waals surface area (Å²) in [7, 11) is 0. The van der Waals surface area contributed by atoms with Crippen molar-refractivity contribution in [1.29, 1.82) is 0 Å². The predicted octanol–water partition coefficient (Wildman–Crippen LogP) is 6.27. The molecule has 268 valence electrons. The number of benzene rings is 2. The number of hydrogen-bond acceptors (Lipinski definition) is 7. The van der Waals surface area contributed by atoms with Crippen molar-refractivity contribution in [2.24, 2.45) is 5.92 Å². The number of unbranched alkanes of at least 4 members (excludes halogenated alkanes) is 1. The van der Waals surface area contributed by atoms with Crippen molar-refractivity contribution >= 4 is 40.9 Å². The van der Waals surface area contributed by atoms with Gasteiger partial charge in [-0.1, -0.05) is 74.4 Å². The van der Waals surface area contributed by atoms with Gasteiger partial charge in [0.2, 0.25) is 11.8 Å². The third-order valence-electron chi connectivity index (χ3n) is 10.0. The first kappa shape index (κ1) is 35.6. The topological polar surface area (TPSA) is 147 Å². The van der Waals surface area contributed by atoms with E-state index >= 15 is 0 Å². The van der Waals surface area contributed by atoms with Crippen LogP contribution in [0, 0.1) is 5.92 Å². The Kier molecular flexibility index (Phi) is 11.0. The highest BCUT2D eigenvalue weighted by molar-refractivity contribution is 5.96. The Morgan fingerprint density at radius 3 is 2.71 bits per heavy atom. The number of carboxylic acid groups (broad SMARTS) is 1. The molecular formula is C40H46N4O7. The van der Waals surface area contributed by atoms with Crippen LogP contribution in [0.15, 0.2) is 73.3 Å². The zero-order valence-corrected chi connectivity index (χ0v) is 29.0. The number of aromatic nitrogens is 1. The van der Waals surface area contributed by atoms with Gasteiger partial charge in [-0.2, -0.15) is 0 Å². The second kappa shape index (κ2) is 15.8. The van der Waals surface area contributed by atoms with E-state index in [0.717, 1.165) is 47.7 Å². The lowest BCUT2D eigenvalue weighted by Gasteiger charge is -2.29. The second-order valence-corrected chi connectivity index (χ2v) is 13.7. The first-order valence-corrected chi connectivity index (χ1v) is 18.0. The maximum Gasteiger partial charge on any atom is 0.407 e. The molecule has 1 aromatic heterocycles. The Hall–Kier alpha value is -5.19. The third-order valence-corrected chi connectivity index (χ3v) is 10.0. The summed E-state index contributed by atoms with van der Waals surface area (Å²) in [6, 6.07) is 15.7. The third kappa shape index (κ3) is 8.08. The molecular weight excluding hydrogens is 648 g/mol. The molecule has 51 heavy (non-hydrogen) atoms. The highest BCUT2D eigenvalue weighted by Crippen LogP contribution is 2.45. The second-order valence-electron chi connectivity index (χ2n) is 13.7. The number of aliphatic carboxylic acids is 1. The van der Waals surface area contributed by atoms with Gasteiger partial charge < -0.3 is 30.1 Å². The molecule has 3 heterocycles. The number of carbonyl (C=O) groups excluding carboxylic acids is 3. The minimum absolute atomic E-state index is 0.0469. The normalized spacial score (nSPS) is 25.4. The van der Waals surface area contributed by atoms with Crippen LogP contribution in [0.1, 0.15) is 70.3 Å². The Morgan fingerprint density at radius 1 is 1.14 bits per heavy atom. The molecule has 3 amide bonds.